The molecule has 0 bridgehead atoms. The first-order valence-corrected chi connectivity index (χ1v) is 12.7. The van der Waals surface area contributed by atoms with E-state index in [9.17, 15) is 0 Å². The van der Waals surface area contributed by atoms with Crippen molar-refractivity contribution in [2.45, 2.75) is 26.9 Å². The smallest absolute Gasteiger partial charge is 0.119 e. The van der Waals surface area contributed by atoms with Crippen molar-refractivity contribution in [1.29, 1.82) is 0 Å². The molecule has 0 saturated heterocycles. The molecule has 4 aromatic carbocycles. The zero-order chi connectivity index (χ0) is 21.8. The van der Waals surface area contributed by atoms with Crippen LogP contribution in [0.25, 0.3) is 0 Å². The summed E-state index contributed by atoms with van der Waals surface area (Å²) < 4.78 is 5.57. The number of benzene rings is 4. The molecule has 164 valence electrons. The predicted molar refractivity (Wildman–Crippen MR) is 136 cm³/mol. The molecule has 0 spiro atoms. The first kappa shape index (κ1) is 24.2. The Hall–Kier alpha value is -2.41. The maximum absolute atomic E-state index is 5.57. The van der Waals surface area contributed by atoms with Crippen molar-refractivity contribution in [3.8, 4) is 5.75 Å². The van der Waals surface area contributed by atoms with E-state index >= 15 is 0 Å². The molecule has 1 nitrogen and oxygen atoms in total. The predicted octanol–water partition coefficient (Wildman–Crippen LogP) is 3.12. The summed E-state index contributed by atoms with van der Waals surface area (Å²) in [7, 11) is -0.232. The summed E-state index contributed by atoms with van der Waals surface area (Å²) in [6.07, 6.45) is 0.963. The normalized spacial score (nSPS) is 11.0. The maximum atomic E-state index is 5.57. The van der Waals surface area contributed by atoms with Crippen molar-refractivity contribution in [1.82, 2.24) is 0 Å². The first-order valence-electron chi connectivity index (χ1n) is 10.8. The van der Waals surface area contributed by atoms with Gasteiger partial charge in [0.15, 0.2) is 0 Å². The average molecular weight is 505 g/mol. The number of hydrogen-bond donors (Lipinski definition) is 0. The number of methoxy groups -OCH3 is 1. The van der Waals surface area contributed by atoms with Gasteiger partial charge in [0, 0.05) is 0 Å². The lowest BCUT2D eigenvalue weighted by atomic mass is 10.2. The third-order valence-corrected chi connectivity index (χ3v) is 10.9. The van der Waals surface area contributed by atoms with Gasteiger partial charge < -0.3 is 21.7 Å². The lowest BCUT2D eigenvalue weighted by Gasteiger charge is -2.31. The first-order chi connectivity index (χ1) is 15.1. The zero-order valence-corrected chi connectivity index (χ0v) is 21.7. The molecule has 0 aliphatic rings. The van der Waals surface area contributed by atoms with Gasteiger partial charge in [-0.15, -0.1) is 0 Å². The van der Waals surface area contributed by atoms with Gasteiger partial charge >= 0.3 is 0 Å². The molecule has 32 heavy (non-hydrogen) atoms. The van der Waals surface area contributed by atoms with Crippen molar-refractivity contribution in [2.24, 2.45) is 0 Å². The Bertz CT molecular complexity index is 1090. The number of aryl methyl sites for hydroxylation is 3. The minimum Gasteiger partial charge on any atom is -1.00 e. The molecule has 0 atom stereocenters. The van der Waals surface area contributed by atoms with Crippen molar-refractivity contribution in [2.75, 3.05) is 7.11 Å². The van der Waals surface area contributed by atoms with E-state index in [-0.39, 0.29) is 17.0 Å². The molecule has 4 rings (SSSR count). The fourth-order valence-electron chi connectivity index (χ4n) is 4.66. The van der Waals surface area contributed by atoms with Crippen LogP contribution in [0.15, 0.2) is 97.1 Å². The molecule has 0 amide bonds. The van der Waals surface area contributed by atoms with Crippen molar-refractivity contribution in [3.05, 3.63) is 119 Å². The third-order valence-electron chi connectivity index (χ3n) is 6.13. The van der Waals surface area contributed by atoms with Crippen LogP contribution in [0.5, 0.6) is 5.75 Å². The third kappa shape index (κ3) is 4.53. The number of hydrogen-bond acceptors (Lipinski definition) is 1. The molecule has 0 heterocycles. The molecule has 0 saturated carbocycles. The van der Waals surface area contributed by atoms with Crippen molar-refractivity contribution >= 4 is 23.2 Å². The summed E-state index contributed by atoms with van der Waals surface area (Å²) in [5.41, 5.74) is 5.36. The molecule has 0 unspecified atom stereocenters. The lowest BCUT2D eigenvalue weighted by Crippen LogP contribution is -3.00. The van der Waals surface area contributed by atoms with Gasteiger partial charge in [-0.05, 0) is 73.4 Å². The molecule has 0 aromatic heterocycles. The number of rotatable bonds is 6. The fourth-order valence-corrected chi connectivity index (χ4v) is 9.75. The van der Waals surface area contributed by atoms with Crippen LogP contribution >= 0.6 is 7.26 Å². The van der Waals surface area contributed by atoms with E-state index in [0.717, 1.165) is 11.9 Å². The molecule has 0 fully saturated rings. The molecule has 0 aliphatic carbocycles. The quantitative estimate of drug-likeness (QED) is 0.366. The van der Waals surface area contributed by atoms with Gasteiger partial charge in [0.25, 0.3) is 0 Å². The minimum absolute atomic E-state index is 0. The van der Waals surface area contributed by atoms with Gasteiger partial charge in [0.2, 0.25) is 0 Å². The average Bonchev–Trinajstić information content (AvgIpc) is 2.79. The summed E-state index contributed by atoms with van der Waals surface area (Å²) in [4.78, 5) is 0. The van der Waals surface area contributed by atoms with E-state index in [0.29, 0.717) is 0 Å². The van der Waals surface area contributed by atoms with E-state index in [1.165, 1.54) is 38.2 Å². The summed E-state index contributed by atoms with van der Waals surface area (Å²) >= 11 is 0. The molecule has 0 aliphatic heterocycles. The Kier molecular flexibility index (Phi) is 7.93. The highest BCUT2D eigenvalue weighted by Crippen LogP contribution is 2.60. The molecule has 4 aromatic rings. The Morgan fingerprint density at radius 2 is 1.03 bits per heavy atom. The van der Waals surface area contributed by atoms with Gasteiger partial charge in [-0.25, -0.2) is 0 Å². The Morgan fingerprint density at radius 1 is 0.594 bits per heavy atom. The highest BCUT2D eigenvalue weighted by molar-refractivity contribution is 7.95. The van der Waals surface area contributed by atoms with Crippen molar-refractivity contribution in [3.63, 3.8) is 0 Å². The number of ether oxygens (including phenoxy) is 1. The molecular formula is C29H30BrOP. The SMILES string of the molecule is COc1cccc(C[P+](c2ccccc2C)(c2ccccc2C)c2ccccc2C)c1.[Br-]. The van der Waals surface area contributed by atoms with E-state index < -0.39 is 7.26 Å². The van der Waals surface area contributed by atoms with E-state index in [4.69, 9.17) is 4.74 Å². The van der Waals surface area contributed by atoms with Gasteiger partial charge in [0.1, 0.15) is 28.9 Å². The minimum atomic E-state index is -1.97. The molecular weight excluding hydrogens is 475 g/mol. The Labute approximate surface area is 203 Å². The Balaban J connectivity index is 0.00000289. The van der Waals surface area contributed by atoms with E-state index in [1.54, 1.807) is 7.11 Å². The second kappa shape index (κ2) is 10.5. The van der Waals surface area contributed by atoms with Crippen LogP contribution in [0.2, 0.25) is 0 Å². The summed E-state index contributed by atoms with van der Waals surface area (Å²) in [6.45, 7) is 6.77. The van der Waals surface area contributed by atoms with Crippen LogP contribution < -0.4 is 37.6 Å². The highest BCUT2D eigenvalue weighted by Gasteiger charge is 2.48. The van der Waals surface area contributed by atoms with Gasteiger partial charge in [-0.1, -0.05) is 66.7 Å². The molecule has 3 heteroatoms. The second-order valence-corrected chi connectivity index (χ2v) is 11.6. The van der Waals surface area contributed by atoms with Crippen LogP contribution in [-0.2, 0) is 6.16 Å². The maximum Gasteiger partial charge on any atom is 0.119 e. The molecule has 0 radical (unpaired) electrons. The van der Waals surface area contributed by atoms with E-state index in [1.807, 2.05) is 6.07 Å². The lowest BCUT2D eigenvalue weighted by molar-refractivity contribution is -0.00000665. The molecule has 0 N–H and O–H groups in total. The standard InChI is InChI=1S/C29H30OP.BrH/c1-22-12-5-8-17-27(22)31(28-18-9-6-13-23(28)2,29-19-10-7-14-24(29)3)21-25-15-11-16-26(20-25)30-4;/h5-20H,21H2,1-4H3;1H/q+1;/p-1. The fraction of sp³-hybridized carbons (Fsp3) is 0.172. The zero-order valence-electron chi connectivity index (χ0n) is 19.2. The van der Waals surface area contributed by atoms with Crippen LogP contribution in [-0.4, -0.2) is 7.11 Å². The van der Waals surface area contributed by atoms with E-state index in [2.05, 4.69) is 112 Å². The van der Waals surface area contributed by atoms with Crippen molar-refractivity contribution < 1.29 is 21.7 Å². The monoisotopic (exact) mass is 504 g/mol. The van der Waals surface area contributed by atoms with Crippen LogP contribution in [0.3, 0.4) is 0 Å². The number of halogens is 1. The second-order valence-electron chi connectivity index (χ2n) is 8.18. The van der Waals surface area contributed by atoms with Crippen LogP contribution in [0, 0.1) is 20.8 Å². The van der Waals surface area contributed by atoms with Crippen LogP contribution in [0.4, 0.5) is 0 Å². The van der Waals surface area contributed by atoms with Gasteiger partial charge in [0.05, 0.1) is 13.3 Å². The van der Waals surface area contributed by atoms with Gasteiger partial charge in [-0.3, -0.25) is 0 Å². The summed E-state index contributed by atoms with van der Waals surface area (Å²) in [5, 5.41) is 4.38. The topological polar surface area (TPSA) is 9.23 Å². The van der Waals surface area contributed by atoms with Gasteiger partial charge in [-0.2, -0.15) is 0 Å². The summed E-state index contributed by atoms with van der Waals surface area (Å²) in [5.74, 6) is 0.912. The summed E-state index contributed by atoms with van der Waals surface area (Å²) in [6, 6.07) is 35.4. The van der Waals surface area contributed by atoms with Crippen LogP contribution in [0.1, 0.15) is 22.3 Å². The largest absolute Gasteiger partial charge is 1.00 e. The highest BCUT2D eigenvalue weighted by atomic mass is 79.9. The Morgan fingerprint density at radius 3 is 1.44 bits per heavy atom.